The normalized spacial score (nSPS) is 28.9. The summed E-state index contributed by atoms with van der Waals surface area (Å²) in [7, 11) is 2.00. The minimum atomic E-state index is -0.258. The van der Waals surface area contributed by atoms with Crippen LogP contribution in [0.1, 0.15) is 31.2 Å². The van der Waals surface area contributed by atoms with Gasteiger partial charge in [0, 0.05) is 11.1 Å². The molecule has 88 valence electrons. The second-order valence-electron chi connectivity index (χ2n) is 4.48. The van der Waals surface area contributed by atoms with Gasteiger partial charge < -0.3 is 5.32 Å². The zero-order valence-electron chi connectivity index (χ0n) is 9.63. The standard InChI is InChI=1S/C13H17ClFN/c1-3-9-11(7-13(9)16-2)10-5-4-8(15)6-12(10)14/h4-6,9,11,13,16H,3,7H2,1-2H3. The number of hydrogen-bond acceptors (Lipinski definition) is 1. The van der Waals surface area contributed by atoms with E-state index in [-0.39, 0.29) is 5.82 Å². The monoisotopic (exact) mass is 241 g/mol. The van der Waals surface area contributed by atoms with Crippen LogP contribution in [0.5, 0.6) is 0 Å². The molecule has 0 amide bonds. The fourth-order valence-corrected chi connectivity index (χ4v) is 3.08. The average Bonchev–Trinajstić information content (AvgIpc) is 2.21. The molecule has 2 rings (SSSR count). The topological polar surface area (TPSA) is 12.0 Å². The lowest BCUT2D eigenvalue weighted by Gasteiger charge is -2.45. The van der Waals surface area contributed by atoms with E-state index < -0.39 is 0 Å². The molecule has 1 nitrogen and oxygen atoms in total. The molecule has 3 atom stereocenters. The van der Waals surface area contributed by atoms with Crippen molar-refractivity contribution in [3.05, 3.63) is 34.6 Å². The summed E-state index contributed by atoms with van der Waals surface area (Å²) in [6.07, 6.45) is 2.23. The molecule has 1 fully saturated rings. The molecule has 1 N–H and O–H groups in total. The van der Waals surface area contributed by atoms with Crippen molar-refractivity contribution in [3.63, 3.8) is 0 Å². The fraction of sp³-hybridized carbons (Fsp3) is 0.538. The maximum absolute atomic E-state index is 13.0. The summed E-state index contributed by atoms with van der Waals surface area (Å²) in [4.78, 5) is 0. The molecular formula is C13H17ClFN. The second kappa shape index (κ2) is 4.72. The van der Waals surface area contributed by atoms with Crippen LogP contribution in [0.25, 0.3) is 0 Å². The SMILES string of the molecule is CCC1C(NC)CC1c1ccc(F)cc1Cl. The molecule has 3 unspecified atom stereocenters. The summed E-state index contributed by atoms with van der Waals surface area (Å²) in [5.74, 6) is 0.842. The Labute approximate surface area is 101 Å². The Morgan fingerprint density at radius 2 is 2.25 bits per heavy atom. The van der Waals surface area contributed by atoms with Gasteiger partial charge in [0.25, 0.3) is 0 Å². The third-order valence-corrected chi connectivity index (χ3v) is 4.07. The van der Waals surface area contributed by atoms with Crippen LogP contribution in [0.2, 0.25) is 5.02 Å². The Bertz CT molecular complexity index is 380. The van der Waals surface area contributed by atoms with Crippen molar-refractivity contribution >= 4 is 11.6 Å². The van der Waals surface area contributed by atoms with Gasteiger partial charge in [-0.25, -0.2) is 4.39 Å². The van der Waals surface area contributed by atoms with E-state index in [4.69, 9.17) is 11.6 Å². The number of rotatable bonds is 3. The largest absolute Gasteiger partial charge is 0.317 e. The van der Waals surface area contributed by atoms with Gasteiger partial charge in [0.2, 0.25) is 0 Å². The third kappa shape index (κ3) is 1.96. The Morgan fingerprint density at radius 3 is 2.81 bits per heavy atom. The Hall–Kier alpha value is -0.600. The maximum atomic E-state index is 13.0. The maximum Gasteiger partial charge on any atom is 0.124 e. The molecule has 0 aliphatic heterocycles. The van der Waals surface area contributed by atoms with E-state index in [2.05, 4.69) is 12.2 Å². The second-order valence-corrected chi connectivity index (χ2v) is 4.88. The quantitative estimate of drug-likeness (QED) is 0.853. The molecule has 16 heavy (non-hydrogen) atoms. The highest BCUT2D eigenvalue weighted by atomic mass is 35.5. The first kappa shape index (κ1) is 11.9. The Kier molecular flexibility index (Phi) is 3.50. The van der Waals surface area contributed by atoms with Gasteiger partial charge >= 0.3 is 0 Å². The van der Waals surface area contributed by atoms with Gasteiger partial charge in [0.05, 0.1) is 0 Å². The number of halogens is 2. The summed E-state index contributed by atoms with van der Waals surface area (Å²) in [5.41, 5.74) is 1.10. The summed E-state index contributed by atoms with van der Waals surface area (Å²) in [5, 5.41) is 3.88. The van der Waals surface area contributed by atoms with Crippen LogP contribution in [-0.2, 0) is 0 Å². The molecular weight excluding hydrogens is 225 g/mol. The number of nitrogens with one attached hydrogen (secondary N) is 1. The molecule has 1 aliphatic rings. The molecule has 1 aromatic rings. The Balaban J connectivity index is 2.19. The lowest BCUT2D eigenvalue weighted by Crippen LogP contribution is -2.47. The van der Waals surface area contributed by atoms with Crippen LogP contribution in [0.15, 0.2) is 18.2 Å². The first-order chi connectivity index (χ1) is 7.67. The summed E-state index contributed by atoms with van der Waals surface area (Å²) in [6, 6.07) is 5.32. The minimum absolute atomic E-state index is 0.258. The van der Waals surface area contributed by atoms with Crippen LogP contribution in [0, 0.1) is 11.7 Å². The fourth-order valence-electron chi connectivity index (χ4n) is 2.77. The van der Waals surface area contributed by atoms with Crippen LogP contribution in [-0.4, -0.2) is 13.1 Å². The van der Waals surface area contributed by atoms with Gasteiger partial charge in [-0.05, 0) is 43.0 Å². The van der Waals surface area contributed by atoms with Gasteiger partial charge in [-0.3, -0.25) is 0 Å². The van der Waals surface area contributed by atoms with Crippen LogP contribution < -0.4 is 5.32 Å². The van der Waals surface area contributed by atoms with Gasteiger partial charge in [-0.2, -0.15) is 0 Å². The van der Waals surface area contributed by atoms with Gasteiger partial charge in [-0.15, -0.1) is 0 Å². The van der Waals surface area contributed by atoms with Crippen molar-refractivity contribution in [2.24, 2.45) is 5.92 Å². The summed E-state index contributed by atoms with van der Waals surface area (Å²) in [6.45, 7) is 2.19. The lowest BCUT2D eigenvalue weighted by molar-refractivity contribution is 0.169. The average molecular weight is 242 g/mol. The first-order valence-corrected chi connectivity index (χ1v) is 6.17. The van der Waals surface area contributed by atoms with E-state index in [0.29, 0.717) is 22.9 Å². The summed E-state index contributed by atoms with van der Waals surface area (Å²) < 4.78 is 13.0. The summed E-state index contributed by atoms with van der Waals surface area (Å²) >= 11 is 6.09. The molecule has 3 heteroatoms. The van der Waals surface area contributed by atoms with Crippen LogP contribution in [0.3, 0.4) is 0 Å². The molecule has 0 spiro atoms. The highest BCUT2D eigenvalue weighted by Gasteiger charge is 2.40. The van der Waals surface area contributed by atoms with Crippen LogP contribution >= 0.6 is 11.6 Å². The van der Waals surface area contributed by atoms with E-state index in [0.717, 1.165) is 18.4 Å². The molecule has 1 saturated carbocycles. The highest BCUT2D eigenvalue weighted by Crippen LogP contribution is 2.46. The molecule has 0 bridgehead atoms. The molecule has 0 heterocycles. The van der Waals surface area contributed by atoms with Gasteiger partial charge in [-0.1, -0.05) is 31.0 Å². The van der Waals surface area contributed by atoms with E-state index in [1.165, 1.54) is 12.1 Å². The first-order valence-electron chi connectivity index (χ1n) is 5.79. The van der Waals surface area contributed by atoms with E-state index in [1.54, 1.807) is 0 Å². The smallest absolute Gasteiger partial charge is 0.124 e. The number of benzene rings is 1. The molecule has 0 saturated heterocycles. The molecule has 0 aromatic heterocycles. The van der Waals surface area contributed by atoms with Crippen molar-refractivity contribution in [2.45, 2.75) is 31.7 Å². The predicted octanol–water partition coefficient (Wildman–Crippen LogP) is 3.58. The van der Waals surface area contributed by atoms with E-state index in [9.17, 15) is 4.39 Å². The van der Waals surface area contributed by atoms with Crippen molar-refractivity contribution < 1.29 is 4.39 Å². The van der Waals surface area contributed by atoms with Crippen molar-refractivity contribution in [1.29, 1.82) is 0 Å². The van der Waals surface area contributed by atoms with Crippen LogP contribution in [0.4, 0.5) is 4.39 Å². The number of hydrogen-bond donors (Lipinski definition) is 1. The highest BCUT2D eigenvalue weighted by molar-refractivity contribution is 6.31. The van der Waals surface area contributed by atoms with E-state index in [1.807, 2.05) is 13.1 Å². The zero-order valence-corrected chi connectivity index (χ0v) is 10.4. The third-order valence-electron chi connectivity index (χ3n) is 3.75. The zero-order chi connectivity index (χ0) is 11.7. The van der Waals surface area contributed by atoms with E-state index >= 15 is 0 Å². The van der Waals surface area contributed by atoms with Gasteiger partial charge in [0.1, 0.15) is 5.82 Å². The molecule has 1 aromatic carbocycles. The molecule has 0 radical (unpaired) electrons. The molecule has 1 aliphatic carbocycles. The van der Waals surface area contributed by atoms with Crippen molar-refractivity contribution in [2.75, 3.05) is 7.05 Å². The van der Waals surface area contributed by atoms with Crippen molar-refractivity contribution in [3.8, 4) is 0 Å². The minimum Gasteiger partial charge on any atom is -0.317 e. The van der Waals surface area contributed by atoms with Crippen molar-refractivity contribution in [1.82, 2.24) is 5.32 Å². The Morgan fingerprint density at radius 1 is 1.50 bits per heavy atom. The van der Waals surface area contributed by atoms with Gasteiger partial charge in [0.15, 0.2) is 0 Å². The predicted molar refractivity (Wildman–Crippen MR) is 65.4 cm³/mol. The lowest BCUT2D eigenvalue weighted by atomic mass is 9.65.